The lowest BCUT2D eigenvalue weighted by molar-refractivity contribution is 0.0746. The molecular weight excluding hydrogens is 414 g/mol. The molecule has 2 aliphatic rings. The number of amides is 1. The summed E-state index contributed by atoms with van der Waals surface area (Å²) in [7, 11) is 0. The van der Waals surface area contributed by atoms with Crippen molar-refractivity contribution in [3.8, 4) is 5.75 Å². The third-order valence-electron chi connectivity index (χ3n) is 6.75. The average Bonchev–Trinajstić information content (AvgIpc) is 2.87. The van der Waals surface area contributed by atoms with Gasteiger partial charge in [0.05, 0.1) is 6.61 Å². The summed E-state index contributed by atoms with van der Waals surface area (Å²) < 4.78 is 5.76. The van der Waals surface area contributed by atoms with Gasteiger partial charge < -0.3 is 19.4 Å². The summed E-state index contributed by atoms with van der Waals surface area (Å²) in [6.07, 6.45) is 5.85. The van der Waals surface area contributed by atoms with Crippen LogP contribution in [0.3, 0.4) is 0 Å². The number of hydrogen-bond acceptors (Lipinski definition) is 6. The van der Waals surface area contributed by atoms with E-state index >= 15 is 0 Å². The first-order valence-electron chi connectivity index (χ1n) is 12.5. The van der Waals surface area contributed by atoms with Gasteiger partial charge in [-0.1, -0.05) is 26.7 Å². The largest absolute Gasteiger partial charge is 0.494 e. The zero-order valence-electron chi connectivity index (χ0n) is 20.1. The molecule has 0 saturated carbocycles. The minimum absolute atomic E-state index is 0.0768. The van der Waals surface area contributed by atoms with E-state index in [9.17, 15) is 4.79 Å². The Morgan fingerprint density at radius 1 is 0.879 bits per heavy atom. The number of aromatic nitrogens is 2. The Hall–Kier alpha value is -2.83. The van der Waals surface area contributed by atoms with Crippen LogP contribution in [0.2, 0.25) is 0 Å². The number of nitrogens with zero attached hydrogens (tertiary/aromatic N) is 5. The highest BCUT2D eigenvalue weighted by Crippen LogP contribution is 2.23. The van der Waals surface area contributed by atoms with Crippen molar-refractivity contribution >= 4 is 17.5 Å². The van der Waals surface area contributed by atoms with Crippen molar-refractivity contribution in [1.82, 2.24) is 15.1 Å². The second-order valence-corrected chi connectivity index (χ2v) is 9.28. The molecular formula is C26H37N5O2. The molecule has 0 N–H and O–H groups in total. The number of unbranched alkanes of at least 4 members (excludes halogenated alkanes) is 2. The van der Waals surface area contributed by atoms with Gasteiger partial charge in [0.1, 0.15) is 5.75 Å². The van der Waals surface area contributed by atoms with Gasteiger partial charge in [-0.2, -0.15) is 0 Å². The molecule has 3 heterocycles. The number of rotatable bonds is 8. The van der Waals surface area contributed by atoms with Gasteiger partial charge in [-0.25, -0.2) is 0 Å². The lowest BCUT2D eigenvalue weighted by atomic mass is 9.99. The van der Waals surface area contributed by atoms with Crippen LogP contribution in [0.4, 0.5) is 11.6 Å². The highest BCUT2D eigenvalue weighted by molar-refractivity contribution is 5.94. The lowest BCUT2D eigenvalue weighted by Gasteiger charge is -2.35. The third kappa shape index (κ3) is 6.15. The van der Waals surface area contributed by atoms with Gasteiger partial charge >= 0.3 is 0 Å². The fourth-order valence-corrected chi connectivity index (χ4v) is 4.45. The Morgan fingerprint density at radius 2 is 1.48 bits per heavy atom. The van der Waals surface area contributed by atoms with Gasteiger partial charge in [0.15, 0.2) is 11.6 Å². The van der Waals surface area contributed by atoms with E-state index < -0.39 is 0 Å². The first-order chi connectivity index (χ1) is 16.1. The molecule has 0 bridgehead atoms. The molecule has 1 aromatic carbocycles. The quantitative estimate of drug-likeness (QED) is 0.560. The minimum Gasteiger partial charge on any atom is -0.494 e. The molecule has 7 nitrogen and oxygen atoms in total. The van der Waals surface area contributed by atoms with Crippen LogP contribution >= 0.6 is 0 Å². The summed E-state index contributed by atoms with van der Waals surface area (Å²) in [5.74, 6) is 3.56. The van der Waals surface area contributed by atoms with Gasteiger partial charge in [0.25, 0.3) is 5.91 Å². The molecule has 0 atom stereocenters. The Labute approximate surface area is 197 Å². The number of carbonyl (C=O) groups is 1. The summed E-state index contributed by atoms with van der Waals surface area (Å²) in [5.41, 5.74) is 0.712. The summed E-state index contributed by atoms with van der Waals surface area (Å²) in [4.78, 5) is 19.4. The molecule has 4 rings (SSSR count). The molecule has 178 valence electrons. The third-order valence-corrected chi connectivity index (χ3v) is 6.75. The van der Waals surface area contributed by atoms with E-state index in [1.54, 1.807) is 0 Å². The zero-order chi connectivity index (χ0) is 23.0. The highest BCUT2D eigenvalue weighted by Gasteiger charge is 2.24. The fourth-order valence-electron chi connectivity index (χ4n) is 4.45. The molecule has 0 aliphatic carbocycles. The SMILES string of the molecule is CCCCCOc1ccc(C(=O)N2CCN(c3ccc(N4CCC(C)CC4)nn3)CC2)cc1. The molecule has 1 aromatic heterocycles. The zero-order valence-corrected chi connectivity index (χ0v) is 20.1. The van der Waals surface area contributed by atoms with E-state index in [2.05, 4.69) is 46.0 Å². The lowest BCUT2D eigenvalue weighted by Crippen LogP contribution is -2.49. The second-order valence-electron chi connectivity index (χ2n) is 9.28. The van der Waals surface area contributed by atoms with Gasteiger partial charge in [-0.05, 0) is 61.6 Å². The molecule has 0 spiro atoms. The number of piperidine rings is 1. The summed E-state index contributed by atoms with van der Waals surface area (Å²) in [6.45, 7) is 10.2. The van der Waals surface area contributed by atoms with Crippen LogP contribution in [0.5, 0.6) is 5.75 Å². The van der Waals surface area contributed by atoms with Crippen molar-refractivity contribution in [3.05, 3.63) is 42.0 Å². The molecule has 0 radical (unpaired) electrons. The molecule has 2 fully saturated rings. The molecule has 0 unspecified atom stereocenters. The number of piperazine rings is 1. The van der Waals surface area contributed by atoms with E-state index in [1.807, 2.05) is 29.2 Å². The Kier molecular flexibility index (Phi) is 8.02. The predicted octanol–water partition coefficient (Wildman–Crippen LogP) is 4.24. The molecule has 33 heavy (non-hydrogen) atoms. The van der Waals surface area contributed by atoms with Crippen LogP contribution in [0, 0.1) is 5.92 Å². The fraction of sp³-hybridized carbons (Fsp3) is 0.577. The van der Waals surface area contributed by atoms with Gasteiger partial charge in [-0.3, -0.25) is 4.79 Å². The molecule has 2 aliphatic heterocycles. The Morgan fingerprint density at radius 3 is 2.06 bits per heavy atom. The summed E-state index contributed by atoms with van der Waals surface area (Å²) >= 11 is 0. The van der Waals surface area contributed by atoms with E-state index in [4.69, 9.17) is 4.74 Å². The van der Waals surface area contributed by atoms with E-state index in [0.29, 0.717) is 18.7 Å². The summed E-state index contributed by atoms with van der Waals surface area (Å²) in [6, 6.07) is 11.7. The second kappa shape index (κ2) is 11.3. The Balaban J connectivity index is 1.25. The van der Waals surface area contributed by atoms with Crippen LogP contribution in [0.25, 0.3) is 0 Å². The normalized spacial score (nSPS) is 17.3. The first kappa shape index (κ1) is 23.3. The van der Waals surface area contributed by atoms with Gasteiger partial charge in [0.2, 0.25) is 0 Å². The van der Waals surface area contributed by atoms with Crippen LogP contribution in [0.1, 0.15) is 56.3 Å². The maximum absolute atomic E-state index is 12.9. The van der Waals surface area contributed by atoms with E-state index in [0.717, 1.165) is 62.5 Å². The Bertz CT molecular complexity index is 871. The predicted molar refractivity (Wildman–Crippen MR) is 132 cm³/mol. The molecule has 2 aromatic rings. The number of carbonyl (C=O) groups excluding carboxylic acids is 1. The van der Waals surface area contributed by atoms with E-state index in [-0.39, 0.29) is 5.91 Å². The van der Waals surface area contributed by atoms with Crippen molar-refractivity contribution in [1.29, 1.82) is 0 Å². The smallest absolute Gasteiger partial charge is 0.253 e. The van der Waals surface area contributed by atoms with Gasteiger partial charge in [-0.15, -0.1) is 10.2 Å². The van der Waals surface area contributed by atoms with Crippen molar-refractivity contribution in [2.45, 2.75) is 46.0 Å². The van der Waals surface area contributed by atoms with Crippen LogP contribution in [0.15, 0.2) is 36.4 Å². The topological polar surface area (TPSA) is 61.8 Å². The van der Waals surface area contributed by atoms with E-state index in [1.165, 1.54) is 25.7 Å². The molecule has 7 heteroatoms. The maximum Gasteiger partial charge on any atom is 0.253 e. The number of benzene rings is 1. The number of hydrogen-bond donors (Lipinski definition) is 0. The van der Waals surface area contributed by atoms with Crippen LogP contribution < -0.4 is 14.5 Å². The van der Waals surface area contributed by atoms with Crippen molar-refractivity contribution in [3.63, 3.8) is 0 Å². The first-order valence-corrected chi connectivity index (χ1v) is 12.5. The highest BCUT2D eigenvalue weighted by atomic mass is 16.5. The summed E-state index contributed by atoms with van der Waals surface area (Å²) in [5, 5.41) is 8.97. The van der Waals surface area contributed by atoms with Gasteiger partial charge in [0, 0.05) is 44.8 Å². The number of ether oxygens (including phenoxy) is 1. The minimum atomic E-state index is 0.0768. The number of anilines is 2. The van der Waals surface area contributed by atoms with Crippen LogP contribution in [-0.2, 0) is 0 Å². The standard InChI is InChI=1S/C26H37N5O2/c1-3-4-5-20-33-23-8-6-22(7-9-23)26(32)31-18-16-30(17-19-31)25-11-10-24(27-28-25)29-14-12-21(2)13-15-29/h6-11,21H,3-5,12-20H2,1-2H3. The van der Waals surface area contributed by atoms with Crippen molar-refractivity contribution < 1.29 is 9.53 Å². The van der Waals surface area contributed by atoms with Crippen LogP contribution in [-0.4, -0.2) is 66.9 Å². The average molecular weight is 452 g/mol. The molecule has 1 amide bonds. The van der Waals surface area contributed by atoms with Crippen molar-refractivity contribution in [2.75, 3.05) is 55.7 Å². The maximum atomic E-state index is 12.9. The molecule has 2 saturated heterocycles. The van der Waals surface area contributed by atoms with Crippen molar-refractivity contribution in [2.24, 2.45) is 5.92 Å². The monoisotopic (exact) mass is 451 g/mol.